The predicted molar refractivity (Wildman–Crippen MR) is 69.6 cm³/mol. The second-order valence-corrected chi connectivity index (χ2v) is 3.94. The van der Waals surface area contributed by atoms with Crippen LogP contribution in [0.25, 0.3) is 0 Å². The Labute approximate surface area is 104 Å². The average Bonchev–Trinajstić information content (AvgIpc) is 2.35. The third-order valence-electron chi connectivity index (χ3n) is 2.50. The molecule has 0 aliphatic rings. The summed E-state index contributed by atoms with van der Waals surface area (Å²) in [6, 6.07) is 13.0. The number of rotatable bonds is 3. The Kier molecular flexibility index (Phi) is 3.57. The van der Waals surface area contributed by atoms with E-state index in [9.17, 15) is 9.18 Å². The standard InChI is InChI=1S/C14H13FN2O/c15-13-4-2-1-3-10(13)9-14(18)17-12-7-5-11(16)6-8-12/h1-8H,9,16H2,(H,17,18). The Morgan fingerprint density at radius 2 is 1.78 bits per heavy atom. The van der Waals surface area contributed by atoms with Crippen molar-refractivity contribution in [3.8, 4) is 0 Å². The summed E-state index contributed by atoms with van der Waals surface area (Å²) in [5, 5.41) is 2.68. The highest BCUT2D eigenvalue weighted by Crippen LogP contribution is 2.12. The van der Waals surface area contributed by atoms with Crippen LogP contribution in [-0.2, 0) is 11.2 Å². The van der Waals surface area contributed by atoms with Gasteiger partial charge in [-0.2, -0.15) is 0 Å². The van der Waals surface area contributed by atoms with Crippen LogP contribution < -0.4 is 11.1 Å². The largest absolute Gasteiger partial charge is 0.399 e. The minimum Gasteiger partial charge on any atom is -0.399 e. The molecule has 18 heavy (non-hydrogen) atoms. The van der Waals surface area contributed by atoms with E-state index in [1.54, 1.807) is 42.5 Å². The second kappa shape index (κ2) is 5.31. The zero-order chi connectivity index (χ0) is 13.0. The van der Waals surface area contributed by atoms with Gasteiger partial charge in [0, 0.05) is 11.4 Å². The first-order valence-corrected chi connectivity index (χ1v) is 5.54. The molecule has 0 bridgehead atoms. The first-order chi connectivity index (χ1) is 8.65. The van der Waals surface area contributed by atoms with E-state index in [4.69, 9.17) is 5.73 Å². The fraction of sp³-hybridized carbons (Fsp3) is 0.0714. The monoisotopic (exact) mass is 244 g/mol. The molecule has 0 saturated heterocycles. The Morgan fingerprint density at radius 3 is 2.44 bits per heavy atom. The number of amides is 1. The Balaban J connectivity index is 2.01. The lowest BCUT2D eigenvalue weighted by molar-refractivity contribution is -0.115. The van der Waals surface area contributed by atoms with E-state index in [2.05, 4.69) is 5.32 Å². The van der Waals surface area contributed by atoms with Crippen LogP contribution in [0.3, 0.4) is 0 Å². The van der Waals surface area contributed by atoms with Crippen molar-refractivity contribution in [1.29, 1.82) is 0 Å². The summed E-state index contributed by atoms with van der Waals surface area (Å²) in [7, 11) is 0. The van der Waals surface area contributed by atoms with E-state index in [-0.39, 0.29) is 18.1 Å². The fourth-order valence-electron chi connectivity index (χ4n) is 1.59. The SMILES string of the molecule is Nc1ccc(NC(=O)Cc2ccccc2F)cc1. The maximum Gasteiger partial charge on any atom is 0.228 e. The summed E-state index contributed by atoms with van der Waals surface area (Å²) < 4.78 is 13.3. The van der Waals surface area contributed by atoms with Crippen LogP contribution in [0, 0.1) is 5.82 Å². The summed E-state index contributed by atoms with van der Waals surface area (Å²) in [4.78, 5) is 11.7. The normalized spacial score (nSPS) is 10.1. The van der Waals surface area contributed by atoms with Gasteiger partial charge in [-0.15, -0.1) is 0 Å². The molecule has 0 atom stereocenters. The first kappa shape index (κ1) is 12.1. The van der Waals surface area contributed by atoms with Crippen LogP contribution in [0.5, 0.6) is 0 Å². The highest BCUT2D eigenvalue weighted by molar-refractivity contribution is 5.92. The maximum atomic E-state index is 13.3. The molecule has 0 aromatic heterocycles. The lowest BCUT2D eigenvalue weighted by Gasteiger charge is -2.06. The van der Waals surface area contributed by atoms with Crippen molar-refractivity contribution in [2.24, 2.45) is 0 Å². The first-order valence-electron chi connectivity index (χ1n) is 5.54. The van der Waals surface area contributed by atoms with Gasteiger partial charge in [0.25, 0.3) is 0 Å². The lowest BCUT2D eigenvalue weighted by Crippen LogP contribution is -2.15. The number of anilines is 2. The number of hydrogen-bond acceptors (Lipinski definition) is 2. The zero-order valence-corrected chi connectivity index (χ0v) is 9.69. The van der Waals surface area contributed by atoms with Gasteiger partial charge in [0.2, 0.25) is 5.91 Å². The average molecular weight is 244 g/mol. The number of nitrogens with one attached hydrogen (secondary N) is 1. The summed E-state index contributed by atoms with van der Waals surface area (Å²) in [5.74, 6) is -0.630. The Hall–Kier alpha value is -2.36. The molecular formula is C14H13FN2O. The molecule has 0 spiro atoms. The third-order valence-corrected chi connectivity index (χ3v) is 2.50. The van der Waals surface area contributed by atoms with Crippen LogP contribution in [0.2, 0.25) is 0 Å². The molecule has 4 heteroatoms. The van der Waals surface area contributed by atoms with E-state index in [1.807, 2.05) is 0 Å². The van der Waals surface area contributed by atoms with E-state index >= 15 is 0 Å². The summed E-state index contributed by atoms with van der Waals surface area (Å²) in [5.41, 5.74) is 7.19. The van der Waals surface area contributed by atoms with Crippen molar-refractivity contribution in [3.63, 3.8) is 0 Å². The van der Waals surface area contributed by atoms with Gasteiger partial charge < -0.3 is 11.1 Å². The number of benzene rings is 2. The quantitative estimate of drug-likeness (QED) is 0.815. The number of hydrogen-bond donors (Lipinski definition) is 2. The molecule has 2 rings (SSSR count). The predicted octanol–water partition coefficient (Wildman–Crippen LogP) is 2.59. The van der Waals surface area contributed by atoms with Crippen molar-refractivity contribution < 1.29 is 9.18 Å². The van der Waals surface area contributed by atoms with Gasteiger partial charge in [-0.1, -0.05) is 18.2 Å². The molecule has 0 fully saturated rings. The number of nitrogen functional groups attached to an aromatic ring is 1. The molecule has 2 aromatic rings. The third kappa shape index (κ3) is 3.07. The van der Waals surface area contributed by atoms with Crippen molar-refractivity contribution >= 4 is 17.3 Å². The van der Waals surface area contributed by atoms with Gasteiger partial charge >= 0.3 is 0 Å². The van der Waals surface area contributed by atoms with Gasteiger partial charge in [0.05, 0.1) is 6.42 Å². The Bertz CT molecular complexity index is 552. The van der Waals surface area contributed by atoms with Crippen molar-refractivity contribution in [3.05, 3.63) is 59.9 Å². The number of nitrogens with two attached hydrogens (primary N) is 1. The van der Waals surface area contributed by atoms with Gasteiger partial charge in [0.1, 0.15) is 5.82 Å². The van der Waals surface area contributed by atoms with Crippen molar-refractivity contribution in [2.75, 3.05) is 11.1 Å². The fourth-order valence-corrected chi connectivity index (χ4v) is 1.59. The Morgan fingerprint density at radius 1 is 1.11 bits per heavy atom. The molecule has 0 aliphatic heterocycles. The summed E-state index contributed by atoms with van der Waals surface area (Å²) >= 11 is 0. The molecule has 0 heterocycles. The highest BCUT2D eigenvalue weighted by Gasteiger charge is 2.07. The number of halogens is 1. The smallest absolute Gasteiger partial charge is 0.228 e. The van der Waals surface area contributed by atoms with Crippen LogP contribution in [-0.4, -0.2) is 5.91 Å². The molecule has 1 amide bonds. The van der Waals surface area contributed by atoms with Crippen LogP contribution in [0.1, 0.15) is 5.56 Å². The van der Waals surface area contributed by atoms with Crippen LogP contribution in [0.15, 0.2) is 48.5 Å². The molecule has 2 aromatic carbocycles. The minimum absolute atomic E-state index is 0.0110. The highest BCUT2D eigenvalue weighted by atomic mass is 19.1. The van der Waals surface area contributed by atoms with E-state index in [0.717, 1.165) is 0 Å². The van der Waals surface area contributed by atoms with Gasteiger partial charge in [0.15, 0.2) is 0 Å². The van der Waals surface area contributed by atoms with Crippen LogP contribution >= 0.6 is 0 Å². The topological polar surface area (TPSA) is 55.1 Å². The molecular weight excluding hydrogens is 231 g/mol. The van der Waals surface area contributed by atoms with Gasteiger partial charge in [-0.3, -0.25) is 4.79 Å². The van der Waals surface area contributed by atoms with E-state index in [1.165, 1.54) is 6.07 Å². The van der Waals surface area contributed by atoms with Gasteiger partial charge in [-0.05, 0) is 35.9 Å². The molecule has 0 radical (unpaired) electrons. The van der Waals surface area contributed by atoms with Crippen molar-refractivity contribution in [2.45, 2.75) is 6.42 Å². The lowest BCUT2D eigenvalue weighted by atomic mass is 10.1. The molecule has 0 unspecified atom stereocenters. The van der Waals surface area contributed by atoms with E-state index < -0.39 is 0 Å². The minimum atomic E-state index is -0.370. The molecule has 92 valence electrons. The van der Waals surface area contributed by atoms with Gasteiger partial charge in [-0.25, -0.2) is 4.39 Å². The van der Waals surface area contributed by atoms with Crippen molar-refractivity contribution in [1.82, 2.24) is 0 Å². The molecule has 0 aliphatic carbocycles. The maximum absolute atomic E-state index is 13.3. The summed E-state index contributed by atoms with van der Waals surface area (Å²) in [6.07, 6.45) is 0.0110. The molecule has 0 saturated carbocycles. The second-order valence-electron chi connectivity index (χ2n) is 3.94. The summed E-state index contributed by atoms with van der Waals surface area (Å²) in [6.45, 7) is 0. The van der Waals surface area contributed by atoms with E-state index in [0.29, 0.717) is 16.9 Å². The zero-order valence-electron chi connectivity index (χ0n) is 9.69. The van der Waals surface area contributed by atoms with Crippen LogP contribution in [0.4, 0.5) is 15.8 Å². The number of carbonyl (C=O) groups is 1. The number of carbonyl (C=O) groups excluding carboxylic acids is 1. The molecule has 3 nitrogen and oxygen atoms in total. The molecule has 3 N–H and O–H groups in total.